The molecule has 38 heavy (non-hydrogen) atoms. The van der Waals surface area contributed by atoms with Crippen molar-refractivity contribution in [2.75, 3.05) is 18.5 Å². The van der Waals surface area contributed by atoms with Crippen LogP contribution in [0.25, 0.3) is 11.2 Å². The summed E-state index contributed by atoms with van der Waals surface area (Å²) < 4.78 is 37.2. The highest BCUT2D eigenvalue weighted by Crippen LogP contribution is 2.55. The van der Waals surface area contributed by atoms with Crippen LogP contribution in [0.15, 0.2) is 11.1 Å². The second-order valence-corrected chi connectivity index (χ2v) is 11.7. The number of rotatable bonds is 11. The van der Waals surface area contributed by atoms with Crippen molar-refractivity contribution in [3.05, 3.63) is 16.7 Å². The molecule has 2 aliphatic rings. The number of aromatic nitrogens is 4. The van der Waals surface area contributed by atoms with E-state index in [2.05, 4.69) is 31.0 Å². The van der Waals surface area contributed by atoms with Gasteiger partial charge in [0, 0.05) is 19.4 Å². The first kappa shape index (κ1) is 27.1. The van der Waals surface area contributed by atoms with Crippen LogP contribution in [-0.2, 0) is 23.3 Å². The molecule has 1 unspecified atom stereocenters. The molecule has 5 atom stereocenters. The molecule has 2 bridgehead atoms. The fourth-order valence-electron chi connectivity index (χ4n) is 4.54. The van der Waals surface area contributed by atoms with Crippen molar-refractivity contribution in [3.8, 4) is 6.07 Å². The minimum absolute atomic E-state index is 0.000971. The molecule has 14 heteroatoms. The lowest BCUT2D eigenvalue weighted by molar-refractivity contribution is -0.164. The number of hydrogen-bond donors (Lipinski definition) is 2. The second kappa shape index (κ2) is 11.3. The smallest absolute Gasteiger partial charge is 0.280 e. The van der Waals surface area contributed by atoms with E-state index in [4.69, 9.17) is 25.2 Å². The summed E-state index contributed by atoms with van der Waals surface area (Å²) in [7, 11) is -1.62. The molecule has 2 N–H and O–H groups in total. The topological polar surface area (TPSA) is 157 Å². The summed E-state index contributed by atoms with van der Waals surface area (Å²) in [5.41, 5.74) is -1.31. The number of ether oxygens (including phenoxy) is 2. The van der Waals surface area contributed by atoms with E-state index < -0.39 is 38.1 Å². The number of nitrogens with one attached hydrogen (secondary N) is 2. The van der Waals surface area contributed by atoms with Gasteiger partial charge in [-0.1, -0.05) is 13.8 Å². The Labute approximate surface area is 224 Å². The van der Waals surface area contributed by atoms with Gasteiger partial charge in [0.25, 0.3) is 14.1 Å². The van der Waals surface area contributed by atoms with Crippen LogP contribution in [0.5, 0.6) is 0 Å². The molecule has 4 rings (SSSR count). The molecule has 0 spiro atoms. The first-order valence-corrected chi connectivity index (χ1v) is 13.8. The van der Waals surface area contributed by atoms with E-state index in [0.717, 1.165) is 0 Å². The Morgan fingerprint density at radius 3 is 2.79 bits per heavy atom. The maximum atomic E-state index is 12.7. The minimum atomic E-state index is -1.62. The fourth-order valence-corrected chi connectivity index (χ4v) is 6.35. The summed E-state index contributed by atoms with van der Waals surface area (Å²) in [5.74, 6) is -0.609. The summed E-state index contributed by atoms with van der Waals surface area (Å²) in [6.45, 7) is 11.9. The van der Waals surface area contributed by atoms with Gasteiger partial charge >= 0.3 is 0 Å². The second-order valence-electron chi connectivity index (χ2n) is 10.3. The Bertz CT molecular complexity index is 1270. The Balaban J connectivity index is 1.67. The van der Waals surface area contributed by atoms with Crippen molar-refractivity contribution in [1.29, 1.82) is 5.26 Å². The Morgan fingerprint density at radius 1 is 1.42 bits per heavy atom. The van der Waals surface area contributed by atoms with Crippen molar-refractivity contribution >= 4 is 31.5 Å². The lowest BCUT2D eigenvalue weighted by Gasteiger charge is -2.38. The average molecular weight is 551 g/mol. The molecular weight excluding hydrogens is 513 g/mol. The number of fused-ring (bicyclic) bond motifs is 3. The number of amides is 1. The zero-order valence-electron chi connectivity index (χ0n) is 23.5. The Kier molecular flexibility index (Phi) is 8.09. The van der Waals surface area contributed by atoms with Crippen molar-refractivity contribution < 1.29 is 24.7 Å². The molecule has 2 aromatic rings. The van der Waals surface area contributed by atoms with E-state index in [1.807, 2.05) is 27.7 Å². The highest BCUT2D eigenvalue weighted by Gasteiger charge is 2.62. The SMILES string of the molecule is [2H]C[C@@]12CO[C@@H]([C@H](n3cnc4c(=O)[nH]c(NC(=O)C(C)C)nc43)O1)[C@@H]2OP(OCCC#N)N(C(C)C)C(C)C. The van der Waals surface area contributed by atoms with E-state index in [-0.39, 0.29) is 67.6 Å². The van der Waals surface area contributed by atoms with Crippen LogP contribution >= 0.6 is 8.53 Å². The summed E-state index contributed by atoms with van der Waals surface area (Å²) in [5, 5.41) is 11.6. The van der Waals surface area contributed by atoms with Crippen LogP contribution in [0.3, 0.4) is 0 Å². The Hall–Kier alpha value is -2.46. The highest BCUT2D eigenvalue weighted by atomic mass is 31.2. The maximum absolute atomic E-state index is 12.7. The first-order chi connectivity index (χ1) is 18.5. The zero-order chi connectivity index (χ0) is 28.5. The molecule has 0 radical (unpaired) electrons. The van der Waals surface area contributed by atoms with E-state index in [1.54, 1.807) is 18.4 Å². The molecular formula is C24H36N7O6P. The third-order valence-electron chi connectivity index (χ3n) is 6.31. The summed E-state index contributed by atoms with van der Waals surface area (Å²) in [6.07, 6.45) is -0.438. The number of H-pyrrole nitrogens is 1. The first-order valence-electron chi connectivity index (χ1n) is 13.3. The van der Waals surface area contributed by atoms with E-state index in [9.17, 15) is 9.59 Å². The minimum Gasteiger partial charge on any atom is -0.368 e. The monoisotopic (exact) mass is 550 g/mol. The molecule has 2 aromatic heterocycles. The van der Waals surface area contributed by atoms with Gasteiger partial charge in [0.15, 0.2) is 17.4 Å². The maximum Gasteiger partial charge on any atom is 0.280 e. The van der Waals surface area contributed by atoms with Gasteiger partial charge in [-0.15, -0.1) is 0 Å². The van der Waals surface area contributed by atoms with Gasteiger partial charge in [-0.3, -0.25) is 24.5 Å². The summed E-state index contributed by atoms with van der Waals surface area (Å²) in [6, 6.07) is 2.28. The quantitative estimate of drug-likeness (QED) is 0.315. The van der Waals surface area contributed by atoms with Crippen LogP contribution < -0.4 is 10.9 Å². The number of hydrogen-bond acceptors (Lipinski definition) is 10. The molecule has 0 aromatic carbocycles. The molecule has 13 nitrogen and oxygen atoms in total. The lowest BCUT2D eigenvalue weighted by Crippen LogP contribution is -2.40. The number of imidazole rings is 1. The van der Waals surface area contributed by atoms with Gasteiger partial charge in [0.05, 0.1) is 32.0 Å². The van der Waals surface area contributed by atoms with Crippen molar-refractivity contribution in [2.24, 2.45) is 5.92 Å². The average Bonchev–Trinajstić information content (AvgIpc) is 3.54. The van der Waals surface area contributed by atoms with Crippen molar-refractivity contribution in [1.82, 2.24) is 24.2 Å². The standard InChI is InChI=1S/C24H36N7O6P/c1-13(2)20(32)28-23-27-19-16(21(33)29-23)26-12-30(19)22-17-18(24(7,36-22)11-34-17)37-38(35-10-8-9-25)31(14(3)4)15(5)6/h12-15,17-18,22H,8,10-11H2,1-7H3,(H2,27,28,29,32,33)/t17-,18+,22-,24+,38?/m1/s1/i7D. The van der Waals surface area contributed by atoms with Crippen LogP contribution in [0.4, 0.5) is 5.95 Å². The van der Waals surface area contributed by atoms with Crippen molar-refractivity contribution in [3.63, 3.8) is 0 Å². The van der Waals surface area contributed by atoms with Gasteiger partial charge < -0.3 is 18.5 Å². The molecule has 1 amide bonds. The largest absolute Gasteiger partial charge is 0.368 e. The third kappa shape index (κ3) is 5.47. The van der Waals surface area contributed by atoms with Crippen LogP contribution in [0.1, 0.15) is 62.5 Å². The number of aromatic amines is 1. The van der Waals surface area contributed by atoms with Gasteiger partial charge in [0.2, 0.25) is 11.9 Å². The van der Waals surface area contributed by atoms with Gasteiger partial charge in [-0.2, -0.15) is 10.2 Å². The van der Waals surface area contributed by atoms with Crippen LogP contribution in [-0.4, -0.2) is 73.2 Å². The predicted molar refractivity (Wildman–Crippen MR) is 140 cm³/mol. The number of nitrogens with zero attached hydrogens (tertiary/aromatic N) is 5. The van der Waals surface area contributed by atoms with E-state index >= 15 is 0 Å². The van der Waals surface area contributed by atoms with Crippen LogP contribution in [0.2, 0.25) is 0 Å². The fraction of sp³-hybridized carbons (Fsp3) is 0.708. The number of anilines is 1. The summed E-state index contributed by atoms with van der Waals surface area (Å²) >= 11 is 0. The normalized spacial score (nSPS) is 26.0. The molecule has 0 aliphatic carbocycles. The molecule has 0 saturated carbocycles. The number of carbonyl (C=O) groups is 1. The van der Waals surface area contributed by atoms with Gasteiger partial charge in [-0.25, -0.2) is 9.65 Å². The number of carbonyl (C=O) groups excluding carboxylic acids is 1. The van der Waals surface area contributed by atoms with Gasteiger partial charge in [-0.05, 0) is 34.6 Å². The zero-order valence-corrected chi connectivity index (χ0v) is 23.4. The molecule has 2 aliphatic heterocycles. The number of nitriles is 1. The van der Waals surface area contributed by atoms with Gasteiger partial charge in [0.1, 0.15) is 17.8 Å². The van der Waals surface area contributed by atoms with Crippen molar-refractivity contribution in [2.45, 2.75) is 91.0 Å². The molecule has 2 fully saturated rings. The third-order valence-corrected chi connectivity index (χ3v) is 8.42. The lowest BCUT2D eigenvalue weighted by atomic mass is 10.0. The Morgan fingerprint density at radius 2 is 2.16 bits per heavy atom. The predicted octanol–water partition coefficient (Wildman–Crippen LogP) is 3.06. The van der Waals surface area contributed by atoms with E-state index in [0.29, 0.717) is 0 Å². The molecule has 4 heterocycles. The highest BCUT2D eigenvalue weighted by molar-refractivity contribution is 7.44. The summed E-state index contributed by atoms with van der Waals surface area (Å²) in [4.78, 5) is 36.1. The van der Waals surface area contributed by atoms with Crippen LogP contribution in [0, 0.1) is 17.2 Å². The molecule has 2 saturated heterocycles. The molecule has 208 valence electrons. The van der Waals surface area contributed by atoms with E-state index in [1.165, 1.54) is 6.33 Å².